The summed E-state index contributed by atoms with van der Waals surface area (Å²) in [5.74, 6) is 0. The first-order valence-electron chi connectivity index (χ1n) is 11.0. The quantitative estimate of drug-likeness (QED) is 0.510. The van der Waals surface area contributed by atoms with Gasteiger partial charge in [0.05, 0.1) is 0 Å². The Balaban J connectivity index is 2.37. The van der Waals surface area contributed by atoms with Crippen molar-refractivity contribution in [3.05, 3.63) is 63.2 Å². The molecule has 0 heterocycles. The van der Waals surface area contributed by atoms with Gasteiger partial charge in [0.15, 0.2) is 0 Å². The van der Waals surface area contributed by atoms with Gasteiger partial charge in [-0.3, -0.25) is 0 Å². The van der Waals surface area contributed by atoms with E-state index in [1.807, 2.05) is 0 Å². The molecule has 0 atom stereocenters. The fourth-order valence-corrected chi connectivity index (χ4v) is 4.47. The van der Waals surface area contributed by atoms with Crippen LogP contribution >= 0.6 is 0 Å². The SMILES string of the molecule is CCc1cc2c(c(-c3cc(C(C)(C)C)cc(C(C)(C)C)c3)c1CC)CC(C)=C2. The minimum absolute atomic E-state index is 0.141. The van der Waals surface area contributed by atoms with E-state index in [-0.39, 0.29) is 10.8 Å². The molecule has 0 saturated heterocycles. The molecule has 0 heteroatoms. The first kappa shape index (κ1) is 20.9. The Morgan fingerprint density at radius 3 is 1.82 bits per heavy atom. The van der Waals surface area contributed by atoms with Gasteiger partial charge in [-0.25, -0.2) is 0 Å². The lowest BCUT2D eigenvalue weighted by molar-refractivity contribution is 0.569. The van der Waals surface area contributed by atoms with Crippen LogP contribution in [-0.4, -0.2) is 0 Å². The third kappa shape index (κ3) is 3.84. The largest absolute Gasteiger partial charge is 0.0683 e. The van der Waals surface area contributed by atoms with Crippen molar-refractivity contribution in [2.75, 3.05) is 0 Å². The van der Waals surface area contributed by atoms with Crippen molar-refractivity contribution in [1.82, 2.24) is 0 Å². The lowest BCUT2D eigenvalue weighted by Crippen LogP contribution is -2.17. The number of hydrogen-bond acceptors (Lipinski definition) is 0. The Morgan fingerprint density at radius 1 is 0.786 bits per heavy atom. The normalized spacial score (nSPS) is 14.2. The number of allylic oxidation sites excluding steroid dienone is 1. The predicted octanol–water partition coefficient (Wildman–Crippen LogP) is 8.03. The predicted molar refractivity (Wildman–Crippen MR) is 125 cm³/mol. The minimum Gasteiger partial charge on any atom is -0.0683 e. The standard InChI is InChI=1S/C28H38/c1-10-19-14-20-12-18(3)13-25(20)26(24(19)11-2)21-15-22(27(4,5)6)17-23(16-21)28(7,8)9/h12,14-17H,10-11,13H2,1-9H3. The highest BCUT2D eigenvalue weighted by atomic mass is 14.3. The fraction of sp³-hybridized carbons (Fsp3) is 0.500. The van der Waals surface area contributed by atoms with E-state index in [1.54, 1.807) is 5.56 Å². The molecule has 0 radical (unpaired) electrons. The molecule has 0 spiro atoms. The number of rotatable bonds is 3. The molecule has 3 rings (SSSR count). The maximum Gasteiger partial charge on any atom is -0.00543 e. The van der Waals surface area contributed by atoms with Crippen molar-refractivity contribution in [2.24, 2.45) is 0 Å². The molecule has 0 unspecified atom stereocenters. The first-order chi connectivity index (χ1) is 13.0. The van der Waals surface area contributed by atoms with Gasteiger partial charge in [0.2, 0.25) is 0 Å². The highest BCUT2D eigenvalue weighted by Crippen LogP contribution is 2.42. The van der Waals surface area contributed by atoms with Gasteiger partial charge in [-0.2, -0.15) is 0 Å². The number of aryl methyl sites for hydroxylation is 1. The summed E-state index contributed by atoms with van der Waals surface area (Å²) in [6.07, 6.45) is 5.68. The Bertz CT molecular complexity index is 892. The molecule has 0 bridgehead atoms. The molecular formula is C28H38. The Labute approximate surface area is 173 Å². The van der Waals surface area contributed by atoms with Crippen molar-refractivity contribution in [1.29, 1.82) is 0 Å². The molecule has 0 fully saturated rings. The number of hydrogen-bond donors (Lipinski definition) is 0. The highest BCUT2D eigenvalue weighted by molar-refractivity contribution is 5.81. The third-order valence-corrected chi connectivity index (χ3v) is 6.22. The zero-order valence-corrected chi connectivity index (χ0v) is 19.5. The van der Waals surface area contributed by atoms with Gasteiger partial charge < -0.3 is 0 Å². The second-order valence-electron chi connectivity index (χ2n) is 10.6. The maximum absolute atomic E-state index is 2.47. The number of fused-ring (bicyclic) bond motifs is 1. The molecule has 0 nitrogen and oxygen atoms in total. The van der Waals surface area contributed by atoms with Crippen LogP contribution in [0.25, 0.3) is 17.2 Å². The van der Waals surface area contributed by atoms with E-state index in [0.717, 1.165) is 19.3 Å². The van der Waals surface area contributed by atoms with Gasteiger partial charge in [0, 0.05) is 0 Å². The molecule has 2 aromatic carbocycles. The van der Waals surface area contributed by atoms with E-state index in [1.165, 1.54) is 44.5 Å². The van der Waals surface area contributed by atoms with E-state index < -0.39 is 0 Å². The molecule has 28 heavy (non-hydrogen) atoms. The Hall–Kier alpha value is -1.82. The number of benzene rings is 2. The van der Waals surface area contributed by atoms with Gasteiger partial charge in [-0.15, -0.1) is 0 Å². The van der Waals surface area contributed by atoms with Crippen molar-refractivity contribution in [3.63, 3.8) is 0 Å². The van der Waals surface area contributed by atoms with Gasteiger partial charge in [0.1, 0.15) is 0 Å². The van der Waals surface area contributed by atoms with Gasteiger partial charge in [-0.1, -0.05) is 91.3 Å². The summed E-state index contributed by atoms with van der Waals surface area (Å²) < 4.78 is 0. The van der Waals surface area contributed by atoms with Crippen LogP contribution in [0.5, 0.6) is 0 Å². The van der Waals surface area contributed by atoms with Crippen LogP contribution in [0.15, 0.2) is 29.8 Å². The van der Waals surface area contributed by atoms with Crippen molar-refractivity contribution in [3.8, 4) is 11.1 Å². The van der Waals surface area contributed by atoms with Crippen molar-refractivity contribution in [2.45, 2.75) is 92.4 Å². The lowest BCUT2D eigenvalue weighted by atomic mass is 9.77. The molecule has 0 saturated carbocycles. The minimum atomic E-state index is 0.141. The van der Waals surface area contributed by atoms with Gasteiger partial charge in [-0.05, 0) is 81.5 Å². The summed E-state index contributed by atoms with van der Waals surface area (Å²) in [5.41, 5.74) is 13.6. The Morgan fingerprint density at radius 2 is 1.36 bits per heavy atom. The van der Waals surface area contributed by atoms with E-state index in [9.17, 15) is 0 Å². The topological polar surface area (TPSA) is 0 Å². The lowest BCUT2D eigenvalue weighted by Gasteiger charge is -2.28. The molecule has 1 aliphatic rings. The summed E-state index contributed by atoms with van der Waals surface area (Å²) in [6, 6.07) is 9.82. The summed E-state index contributed by atoms with van der Waals surface area (Å²) in [7, 11) is 0. The second kappa shape index (κ2) is 7.21. The second-order valence-corrected chi connectivity index (χ2v) is 10.6. The van der Waals surface area contributed by atoms with Crippen LogP contribution in [0, 0.1) is 0 Å². The summed E-state index contributed by atoms with van der Waals surface area (Å²) >= 11 is 0. The average molecular weight is 375 g/mol. The monoisotopic (exact) mass is 374 g/mol. The highest BCUT2D eigenvalue weighted by Gasteiger charge is 2.25. The summed E-state index contributed by atoms with van der Waals surface area (Å²) in [5, 5.41) is 0. The molecule has 0 aromatic heterocycles. The molecule has 0 aliphatic heterocycles. The molecular weight excluding hydrogens is 336 g/mol. The van der Waals surface area contributed by atoms with Crippen LogP contribution in [0.4, 0.5) is 0 Å². The molecule has 0 amide bonds. The summed E-state index contributed by atoms with van der Waals surface area (Å²) in [4.78, 5) is 0. The van der Waals surface area contributed by atoms with E-state index in [2.05, 4.69) is 92.7 Å². The average Bonchev–Trinajstić information content (AvgIpc) is 2.97. The third-order valence-electron chi connectivity index (χ3n) is 6.22. The summed E-state index contributed by atoms with van der Waals surface area (Å²) in [6.45, 7) is 20.9. The zero-order valence-electron chi connectivity index (χ0n) is 19.5. The van der Waals surface area contributed by atoms with Crippen LogP contribution in [0.3, 0.4) is 0 Å². The molecule has 150 valence electrons. The van der Waals surface area contributed by atoms with E-state index in [0.29, 0.717) is 0 Å². The molecule has 0 N–H and O–H groups in total. The van der Waals surface area contributed by atoms with E-state index >= 15 is 0 Å². The fourth-order valence-electron chi connectivity index (χ4n) is 4.47. The van der Waals surface area contributed by atoms with Crippen molar-refractivity contribution >= 4 is 6.08 Å². The van der Waals surface area contributed by atoms with E-state index in [4.69, 9.17) is 0 Å². The smallest absolute Gasteiger partial charge is 0.00543 e. The van der Waals surface area contributed by atoms with Crippen LogP contribution < -0.4 is 0 Å². The molecule has 2 aromatic rings. The van der Waals surface area contributed by atoms with Gasteiger partial charge >= 0.3 is 0 Å². The first-order valence-corrected chi connectivity index (χ1v) is 11.0. The maximum atomic E-state index is 2.47. The van der Waals surface area contributed by atoms with Crippen LogP contribution in [-0.2, 0) is 30.1 Å². The van der Waals surface area contributed by atoms with Crippen LogP contribution in [0.1, 0.15) is 95.7 Å². The van der Waals surface area contributed by atoms with Crippen molar-refractivity contribution < 1.29 is 0 Å². The van der Waals surface area contributed by atoms with Gasteiger partial charge in [0.25, 0.3) is 0 Å². The van der Waals surface area contributed by atoms with Crippen LogP contribution in [0.2, 0.25) is 0 Å². The zero-order chi connectivity index (χ0) is 20.9. The Kier molecular flexibility index (Phi) is 5.38. The molecule has 1 aliphatic carbocycles.